The third kappa shape index (κ3) is 21.8. The van der Waals surface area contributed by atoms with E-state index in [0.29, 0.717) is 61.1 Å². The molecule has 25 nitrogen and oxygen atoms in total. The molecule has 7 heterocycles. The quantitative estimate of drug-likeness (QED) is 0.0217. The lowest BCUT2D eigenvalue weighted by Crippen LogP contribution is -2.27. The van der Waals surface area contributed by atoms with Crippen LogP contribution in [0.1, 0.15) is 115 Å². The molecule has 0 spiro atoms. The summed E-state index contributed by atoms with van der Waals surface area (Å²) in [6.45, 7) is 12.0. The average Bonchev–Trinajstić information content (AvgIpc) is 3.35. The Morgan fingerprint density at radius 3 is 1.86 bits per heavy atom. The number of Topliss-reactive ketones (excluding diaryl/α,β-unsaturated/α-hetero) is 1. The highest BCUT2D eigenvalue weighted by Crippen LogP contribution is 2.31. The van der Waals surface area contributed by atoms with Crippen LogP contribution in [0.2, 0.25) is 5.15 Å². The van der Waals surface area contributed by atoms with Crippen LogP contribution in [0.25, 0.3) is 5.53 Å². The molecule has 0 fully saturated rings. The number of carbonyl (C=O) groups excluding carboxylic acids is 3. The molecule has 26 heteroatoms. The fourth-order valence-corrected chi connectivity index (χ4v) is 6.43. The number of nitrogens with one attached hydrogen (secondary N) is 2. The van der Waals surface area contributed by atoms with Crippen molar-refractivity contribution in [3.05, 3.63) is 49.6 Å². The number of hydrogen-bond acceptors (Lipinski definition) is 22. The molecule has 71 heavy (non-hydrogen) atoms. The van der Waals surface area contributed by atoms with Crippen molar-refractivity contribution in [2.24, 2.45) is 5.73 Å². The SMILES string of the molecule is CCCCN.CCCCNc1nc(N)nc2c1OCCC2.CCOC(=O)C(=[N+]=[N-])C(=O)CCCO.CCOC(=O)C1=C(O)CCCO1.Nc1nc(Cl)c2c(n1)CCCO2.Nc1nc2c(c(=O)[nH]1)OCCC2. The van der Waals surface area contributed by atoms with Crippen LogP contribution in [0.15, 0.2) is 16.3 Å². The number of carbonyl (C=O) groups is 3. The molecule has 0 amide bonds. The number of ether oxygens (including phenoxy) is 6. The number of halogens is 1. The van der Waals surface area contributed by atoms with Gasteiger partial charge in [-0.25, -0.2) is 24.5 Å². The summed E-state index contributed by atoms with van der Waals surface area (Å²) < 4.78 is 30.2. The highest BCUT2D eigenvalue weighted by Gasteiger charge is 2.30. The second-order valence-electron chi connectivity index (χ2n) is 15.2. The van der Waals surface area contributed by atoms with Gasteiger partial charge in [-0.2, -0.15) is 14.8 Å². The van der Waals surface area contributed by atoms with E-state index in [2.05, 4.69) is 63.3 Å². The van der Waals surface area contributed by atoms with E-state index < -0.39 is 23.4 Å². The zero-order valence-corrected chi connectivity index (χ0v) is 41.8. The lowest BCUT2D eigenvalue weighted by Gasteiger charge is -2.19. The molecule has 3 aromatic rings. The summed E-state index contributed by atoms with van der Waals surface area (Å²) in [7, 11) is 0. The standard InChI is InChI=1S/C11H18N4O.C8H12N2O4.C8H12O4.C7H8ClN3O.C7H9N3O2.C4H11N/c1-2-3-6-13-10-9-8(5-4-7-16-9)14-11(12)15-10;1-2-14-8(13)7(10-9)6(12)4-3-5-11;1-2-11-8(10)7-6(9)4-3-5-12-7;8-6-5-4(2-1-3-12-5)10-7(9)11-6;8-7-9-4-2-1-3-12-5(4)6(11)10-7;1-2-3-4-5/h2-7H2,1H3,(H3,12,13,14,15);11H,2-5H2,1H3;9H,2-5H2,1H3;1-3H2,(H2,9,10,11);1-3H2,(H3,8,9,10,11);2-5H2,1H3. The molecule has 0 unspecified atom stereocenters. The number of aromatic amines is 1. The smallest absolute Gasteiger partial charge is 0.441 e. The normalized spacial score (nSPS) is 13.5. The van der Waals surface area contributed by atoms with Crippen LogP contribution in [0, 0.1) is 0 Å². The number of H-pyrrole nitrogens is 1. The van der Waals surface area contributed by atoms with Crippen molar-refractivity contribution < 1.29 is 57.8 Å². The number of ketones is 1. The van der Waals surface area contributed by atoms with Crippen LogP contribution in [-0.2, 0) is 47.9 Å². The zero-order chi connectivity index (χ0) is 52.6. The second-order valence-corrected chi connectivity index (χ2v) is 15.6. The number of aliphatic hydroxyl groups excluding tert-OH is 2. The number of rotatable bonds is 14. The van der Waals surface area contributed by atoms with Gasteiger partial charge in [0.15, 0.2) is 22.5 Å². The van der Waals surface area contributed by atoms with Gasteiger partial charge >= 0.3 is 17.7 Å². The van der Waals surface area contributed by atoms with E-state index in [-0.39, 0.29) is 55.0 Å². The van der Waals surface area contributed by atoms with Crippen LogP contribution >= 0.6 is 11.6 Å². The summed E-state index contributed by atoms with van der Waals surface area (Å²) in [5, 5.41) is 21.2. The van der Waals surface area contributed by atoms with Gasteiger partial charge in [0.1, 0.15) is 5.76 Å². The first kappa shape index (κ1) is 60.3. The number of nitrogens with two attached hydrogens (primary N) is 4. The Morgan fingerprint density at radius 1 is 0.761 bits per heavy atom. The van der Waals surface area contributed by atoms with Gasteiger partial charge in [-0.15, -0.1) is 0 Å². The number of aryl methyl sites for hydroxylation is 3. The van der Waals surface area contributed by atoms with Crippen molar-refractivity contribution in [1.82, 2.24) is 29.9 Å². The van der Waals surface area contributed by atoms with Gasteiger partial charge < -0.3 is 72.4 Å². The number of unbranched alkanes of at least 4 members (excludes halogenated alkanes) is 2. The number of esters is 2. The summed E-state index contributed by atoms with van der Waals surface area (Å²) in [5.74, 6) is 0.965. The second kappa shape index (κ2) is 34.5. The monoisotopic (exact) mass is 1020 g/mol. The minimum absolute atomic E-state index is 0.000278. The van der Waals surface area contributed by atoms with Gasteiger partial charge in [0.05, 0.1) is 56.7 Å². The molecule has 4 aliphatic heterocycles. The number of allylic oxidation sites excluding steroid dienone is 1. The maximum atomic E-state index is 11.2. The molecule has 12 N–H and O–H groups in total. The highest BCUT2D eigenvalue weighted by atomic mass is 35.5. The first-order valence-corrected chi connectivity index (χ1v) is 24.0. The Balaban J connectivity index is 0.000000298. The largest absolute Gasteiger partial charge is 0.508 e. The first-order valence-electron chi connectivity index (χ1n) is 23.6. The average molecular weight is 1020 g/mol. The Hall–Kier alpha value is -6.82. The molecule has 0 atom stereocenters. The fraction of sp³-hybridized carbons (Fsp3) is 0.600. The molecule has 0 radical (unpaired) electrons. The summed E-state index contributed by atoms with van der Waals surface area (Å²) >= 11 is 5.79. The van der Waals surface area contributed by atoms with Crippen LogP contribution in [0.4, 0.5) is 23.7 Å². The van der Waals surface area contributed by atoms with Gasteiger partial charge in [0.25, 0.3) is 11.3 Å². The lowest BCUT2D eigenvalue weighted by molar-refractivity contribution is -0.144. The number of hydrogen-bond donors (Lipinski definition) is 8. The van der Waals surface area contributed by atoms with Crippen molar-refractivity contribution in [3.63, 3.8) is 0 Å². The number of fused-ring (bicyclic) bond motifs is 3. The van der Waals surface area contributed by atoms with Crippen molar-refractivity contribution >= 4 is 58.7 Å². The van der Waals surface area contributed by atoms with Crippen LogP contribution < -0.4 is 48.0 Å². The predicted octanol–water partition coefficient (Wildman–Crippen LogP) is 3.75. The Labute approximate surface area is 417 Å². The summed E-state index contributed by atoms with van der Waals surface area (Å²) in [6, 6.07) is 0. The third-order valence-electron chi connectivity index (χ3n) is 9.55. The highest BCUT2D eigenvalue weighted by molar-refractivity contribution is 6.62. The van der Waals surface area contributed by atoms with Crippen LogP contribution in [-0.4, -0.2) is 128 Å². The summed E-state index contributed by atoms with van der Waals surface area (Å²) in [4.78, 5) is 69.5. The molecule has 394 valence electrons. The first-order chi connectivity index (χ1) is 34.2. The molecule has 0 saturated carbocycles. The molecule has 0 aromatic carbocycles. The molecule has 3 aromatic heterocycles. The Kier molecular flexibility index (Phi) is 29.3. The Bertz CT molecular complexity index is 2290. The van der Waals surface area contributed by atoms with Gasteiger partial charge in [0, 0.05) is 26.0 Å². The maximum absolute atomic E-state index is 11.2. The molecule has 7 rings (SSSR count). The van der Waals surface area contributed by atoms with Crippen LogP contribution in [0.3, 0.4) is 0 Å². The van der Waals surface area contributed by atoms with E-state index in [1.54, 1.807) is 13.8 Å². The molecule has 0 bridgehead atoms. The van der Waals surface area contributed by atoms with Gasteiger partial charge in [-0.1, -0.05) is 38.3 Å². The summed E-state index contributed by atoms with van der Waals surface area (Å²) in [6.07, 6.45) is 11.5. The summed E-state index contributed by atoms with van der Waals surface area (Å²) in [5.41, 5.74) is 31.5. The van der Waals surface area contributed by atoms with Gasteiger partial charge in [0.2, 0.25) is 29.4 Å². The van der Waals surface area contributed by atoms with E-state index in [1.807, 2.05) is 0 Å². The van der Waals surface area contributed by atoms with E-state index in [1.165, 1.54) is 12.8 Å². The fourth-order valence-electron chi connectivity index (χ4n) is 6.18. The third-order valence-corrected chi connectivity index (χ3v) is 9.80. The van der Waals surface area contributed by atoms with E-state index in [9.17, 15) is 24.3 Å². The van der Waals surface area contributed by atoms with Crippen molar-refractivity contribution in [2.45, 2.75) is 118 Å². The van der Waals surface area contributed by atoms with Crippen molar-refractivity contribution in [1.29, 1.82) is 0 Å². The van der Waals surface area contributed by atoms with Crippen LogP contribution in [0.5, 0.6) is 17.2 Å². The number of nitrogen functional groups attached to an aromatic ring is 3. The van der Waals surface area contributed by atoms with Gasteiger partial charge in [-0.05, 0) is 84.6 Å². The number of aliphatic hydroxyl groups is 2. The number of nitrogens with zero attached hydrogens (tertiary/aromatic N) is 7. The van der Waals surface area contributed by atoms with E-state index >= 15 is 0 Å². The number of anilines is 4. The molecule has 4 aliphatic rings. The van der Waals surface area contributed by atoms with Crippen molar-refractivity contribution in [3.8, 4) is 17.2 Å². The topological polar surface area (TPSA) is 397 Å². The van der Waals surface area contributed by atoms with E-state index in [4.69, 9.17) is 64.1 Å². The molecule has 0 aliphatic carbocycles. The molecular weight excluding hydrogens is 950 g/mol. The molecular formula is C45H70ClN13O12. The van der Waals surface area contributed by atoms with Gasteiger partial charge in [-0.3, -0.25) is 14.6 Å². The minimum Gasteiger partial charge on any atom is -0.508 e. The van der Waals surface area contributed by atoms with Crippen molar-refractivity contribution in [2.75, 3.05) is 81.9 Å². The molecule has 0 saturated heterocycles. The van der Waals surface area contributed by atoms with E-state index in [0.717, 1.165) is 100 Å². The Morgan fingerprint density at radius 2 is 1.31 bits per heavy atom. The number of aromatic nitrogens is 6. The maximum Gasteiger partial charge on any atom is 0.441 e. The lowest BCUT2D eigenvalue weighted by atomic mass is 10.1. The predicted molar refractivity (Wildman–Crippen MR) is 264 cm³/mol. The minimum atomic E-state index is -0.946. The zero-order valence-electron chi connectivity index (χ0n) is 41.1.